The molecule has 0 radical (unpaired) electrons. The van der Waals surface area contributed by atoms with Gasteiger partial charge in [-0.3, -0.25) is 0 Å². The summed E-state index contributed by atoms with van der Waals surface area (Å²) in [7, 11) is 0. The molecule has 0 aliphatic rings. The maximum atomic E-state index is 6.69. The fraction of sp³-hybridized carbons (Fsp3) is 0.300. The van der Waals surface area contributed by atoms with Crippen LogP contribution in [0.1, 0.15) is 25.3 Å². The second-order valence-electron chi connectivity index (χ2n) is 2.97. The fourth-order valence-corrected chi connectivity index (χ4v) is 1.16. The highest BCUT2D eigenvalue weighted by molar-refractivity contribution is 5.53. The molecule has 0 fully saturated rings. The smallest absolute Gasteiger partial charge is 0.113 e. The summed E-state index contributed by atoms with van der Waals surface area (Å²) >= 11 is 0. The van der Waals surface area contributed by atoms with E-state index in [1.54, 1.807) is 0 Å². The van der Waals surface area contributed by atoms with Gasteiger partial charge in [0.1, 0.15) is 5.69 Å². The van der Waals surface area contributed by atoms with Crippen LogP contribution in [0.4, 0.5) is 5.69 Å². The molecule has 0 spiro atoms. The molecule has 2 nitrogen and oxygen atoms in total. The van der Waals surface area contributed by atoms with Crippen LogP contribution in [0.2, 0.25) is 0 Å². The van der Waals surface area contributed by atoms with Gasteiger partial charge in [0.25, 0.3) is 0 Å². The van der Waals surface area contributed by atoms with Crippen LogP contribution in [-0.2, 0) is 0 Å². The molecule has 0 unspecified atom stereocenters. The number of nitrogens with zero attached hydrogens (tertiary/aromatic N) is 1. The number of rotatable bonds is 2. The number of anilines is 1. The predicted molar refractivity (Wildman–Crippen MR) is 50.8 cm³/mol. The maximum Gasteiger partial charge on any atom is 0.113 e. The summed E-state index contributed by atoms with van der Waals surface area (Å²) in [6.07, 6.45) is 0. The van der Waals surface area contributed by atoms with Crippen molar-refractivity contribution in [3.63, 3.8) is 0 Å². The summed E-state index contributed by atoms with van der Waals surface area (Å²) in [4.78, 5) is 3.15. The Morgan fingerprint density at radius 1 is 1.33 bits per heavy atom. The molecule has 1 aromatic rings. The van der Waals surface area contributed by atoms with E-state index in [1.807, 2.05) is 24.3 Å². The first-order valence-corrected chi connectivity index (χ1v) is 3.97. The van der Waals surface area contributed by atoms with Gasteiger partial charge in [0.2, 0.25) is 0 Å². The lowest BCUT2D eigenvalue weighted by atomic mass is 10.0. The molecule has 0 bridgehead atoms. The van der Waals surface area contributed by atoms with E-state index in [0.29, 0.717) is 5.92 Å². The minimum Gasteiger partial charge on any atom is -0.184 e. The van der Waals surface area contributed by atoms with E-state index in [9.17, 15) is 0 Å². The van der Waals surface area contributed by atoms with Crippen LogP contribution in [0.25, 0.3) is 4.95 Å². The van der Waals surface area contributed by atoms with Gasteiger partial charge in [-0.15, -0.1) is 0 Å². The number of para-hydroxylation sites is 1. The summed E-state index contributed by atoms with van der Waals surface area (Å²) in [6.45, 7) is 10.9. The molecule has 1 aromatic carbocycles. The van der Waals surface area contributed by atoms with Crippen LogP contribution in [-0.4, -0.2) is 0 Å². The highest BCUT2D eigenvalue weighted by atomic mass is 15.2. The Hall–Kier alpha value is -1.49. The number of hydrogen-bond acceptors (Lipinski definition) is 1. The van der Waals surface area contributed by atoms with Crippen LogP contribution in [0.15, 0.2) is 24.3 Å². The summed E-state index contributed by atoms with van der Waals surface area (Å²) in [6, 6.07) is 7.88. The second kappa shape index (κ2) is 3.77. The summed E-state index contributed by atoms with van der Waals surface area (Å²) < 4.78 is 0. The lowest BCUT2D eigenvalue weighted by Crippen LogP contribution is -1.94. The van der Waals surface area contributed by atoms with Crippen LogP contribution in [0.3, 0.4) is 0 Å². The Bertz CT molecular complexity index is 297. The highest BCUT2D eigenvalue weighted by Crippen LogP contribution is 2.23. The SMILES string of the molecule is [C-]#[N+]Nc1ccccc1C(C)C. The molecule has 0 saturated carbocycles. The topological polar surface area (TPSA) is 16.4 Å². The van der Waals surface area contributed by atoms with Gasteiger partial charge in [-0.25, -0.2) is 0 Å². The minimum absolute atomic E-state index is 0.454. The zero-order chi connectivity index (χ0) is 8.97. The third-order valence-electron chi connectivity index (χ3n) is 1.76. The van der Waals surface area contributed by atoms with E-state index in [1.165, 1.54) is 5.56 Å². The van der Waals surface area contributed by atoms with Gasteiger partial charge < -0.3 is 0 Å². The second-order valence-corrected chi connectivity index (χ2v) is 2.97. The van der Waals surface area contributed by atoms with Crippen molar-refractivity contribution in [1.82, 2.24) is 0 Å². The summed E-state index contributed by atoms with van der Waals surface area (Å²) in [5.74, 6) is 0.454. The molecular formula is C10H12N2. The molecule has 2 heteroatoms. The molecule has 0 aromatic heterocycles. The molecule has 1 N–H and O–H groups in total. The third kappa shape index (κ3) is 1.76. The van der Waals surface area contributed by atoms with Gasteiger partial charge in [-0.1, -0.05) is 37.5 Å². The summed E-state index contributed by atoms with van der Waals surface area (Å²) in [5, 5.41) is 0. The Morgan fingerprint density at radius 2 is 2.00 bits per heavy atom. The van der Waals surface area contributed by atoms with Crippen molar-refractivity contribution < 1.29 is 0 Å². The number of benzene rings is 1. The summed E-state index contributed by atoms with van der Waals surface area (Å²) in [5.41, 5.74) is 4.76. The first-order chi connectivity index (χ1) is 5.75. The van der Waals surface area contributed by atoms with Gasteiger partial charge in [-0.2, -0.15) is 11.5 Å². The molecular weight excluding hydrogens is 148 g/mol. The van der Waals surface area contributed by atoms with Crippen molar-refractivity contribution in [2.75, 3.05) is 5.43 Å². The van der Waals surface area contributed by atoms with E-state index < -0.39 is 0 Å². The first-order valence-electron chi connectivity index (χ1n) is 3.97. The monoisotopic (exact) mass is 160 g/mol. The van der Waals surface area contributed by atoms with Crippen LogP contribution >= 0.6 is 0 Å². The molecule has 12 heavy (non-hydrogen) atoms. The molecule has 0 aliphatic carbocycles. The molecule has 0 heterocycles. The van der Waals surface area contributed by atoms with Gasteiger partial charge in [-0.05, 0) is 17.5 Å². The van der Waals surface area contributed by atoms with Crippen LogP contribution < -0.4 is 5.43 Å². The van der Waals surface area contributed by atoms with Gasteiger partial charge in [0, 0.05) is 0 Å². The third-order valence-corrected chi connectivity index (χ3v) is 1.76. The van der Waals surface area contributed by atoms with E-state index in [-0.39, 0.29) is 0 Å². The van der Waals surface area contributed by atoms with Gasteiger partial charge in [0.05, 0.1) is 0 Å². The van der Waals surface area contributed by atoms with Crippen molar-refractivity contribution in [2.45, 2.75) is 19.8 Å². The van der Waals surface area contributed by atoms with Crippen molar-refractivity contribution in [2.24, 2.45) is 0 Å². The highest BCUT2D eigenvalue weighted by Gasteiger charge is 2.05. The zero-order valence-corrected chi connectivity index (χ0v) is 7.33. The van der Waals surface area contributed by atoms with E-state index in [2.05, 4.69) is 24.2 Å². The fourth-order valence-electron chi connectivity index (χ4n) is 1.16. The van der Waals surface area contributed by atoms with Gasteiger partial charge in [0.15, 0.2) is 0 Å². The molecule has 0 saturated heterocycles. The lowest BCUT2D eigenvalue weighted by molar-refractivity contribution is 0.869. The van der Waals surface area contributed by atoms with Gasteiger partial charge >= 0.3 is 0 Å². The number of hydrogen-bond donors (Lipinski definition) is 1. The standard InChI is InChI=1S/C10H12N2/c1-8(2)9-6-4-5-7-10(9)12-11-3/h4-8,12H,1-2H3. The van der Waals surface area contributed by atoms with Crippen LogP contribution in [0.5, 0.6) is 0 Å². The average molecular weight is 160 g/mol. The molecule has 0 amide bonds. The Morgan fingerprint density at radius 3 is 2.58 bits per heavy atom. The minimum atomic E-state index is 0.454. The average Bonchev–Trinajstić information content (AvgIpc) is 2.05. The van der Waals surface area contributed by atoms with Crippen molar-refractivity contribution in [1.29, 1.82) is 0 Å². The lowest BCUT2D eigenvalue weighted by Gasteiger charge is -2.07. The van der Waals surface area contributed by atoms with Crippen molar-refractivity contribution >= 4 is 5.69 Å². The molecule has 0 aliphatic heterocycles. The van der Waals surface area contributed by atoms with E-state index >= 15 is 0 Å². The zero-order valence-electron chi connectivity index (χ0n) is 7.33. The first kappa shape index (κ1) is 8.61. The van der Waals surface area contributed by atoms with E-state index in [0.717, 1.165) is 5.69 Å². The molecule has 1 rings (SSSR count). The Kier molecular flexibility index (Phi) is 2.71. The van der Waals surface area contributed by atoms with E-state index in [4.69, 9.17) is 6.57 Å². The quantitative estimate of drug-likeness (QED) is 0.519. The predicted octanol–water partition coefficient (Wildman–Crippen LogP) is 3.06. The molecule has 0 atom stereocenters. The van der Waals surface area contributed by atoms with Crippen molar-refractivity contribution in [3.05, 3.63) is 41.4 Å². The number of nitrogens with one attached hydrogen (secondary N) is 1. The normalized spacial score (nSPS) is 9.50. The largest absolute Gasteiger partial charge is 0.184 e. The Labute approximate surface area is 73.0 Å². The Balaban J connectivity index is 3.02. The maximum absolute atomic E-state index is 6.69. The van der Waals surface area contributed by atoms with Crippen LogP contribution in [0, 0.1) is 6.57 Å². The molecule has 62 valence electrons. The van der Waals surface area contributed by atoms with Crippen molar-refractivity contribution in [3.8, 4) is 0 Å².